The topological polar surface area (TPSA) is 102 Å². The van der Waals surface area contributed by atoms with Gasteiger partial charge in [0.1, 0.15) is 16.7 Å². The molecule has 11 heteroatoms. The van der Waals surface area contributed by atoms with Crippen molar-refractivity contribution in [1.82, 2.24) is 24.9 Å². The number of fused-ring (bicyclic) bond motifs is 1. The molecule has 0 spiro atoms. The lowest BCUT2D eigenvalue weighted by atomic mass is 9.74. The molecule has 1 aliphatic heterocycles. The van der Waals surface area contributed by atoms with Crippen molar-refractivity contribution in [2.45, 2.75) is 56.3 Å². The van der Waals surface area contributed by atoms with Crippen LogP contribution in [0.25, 0.3) is 5.65 Å². The molecule has 2 atom stereocenters. The van der Waals surface area contributed by atoms with E-state index in [4.69, 9.17) is 4.74 Å². The van der Waals surface area contributed by atoms with Gasteiger partial charge in [0.25, 0.3) is 5.91 Å². The molecule has 8 nitrogen and oxygen atoms in total. The van der Waals surface area contributed by atoms with E-state index in [0.717, 1.165) is 24.5 Å². The van der Waals surface area contributed by atoms with Crippen LogP contribution < -0.4 is 5.32 Å². The summed E-state index contributed by atoms with van der Waals surface area (Å²) in [6.45, 7) is 3.20. The van der Waals surface area contributed by atoms with Crippen molar-refractivity contribution in [1.29, 1.82) is 0 Å². The molecule has 2 unspecified atom stereocenters. The number of nitrogens with one attached hydrogen (secondary N) is 1. The Kier molecular flexibility index (Phi) is 5.17. The number of nitrogens with zero attached hydrogens (tertiary/aromatic N) is 4. The first kappa shape index (κ1) is 22.7. The van der Waals surface area contributed by atoms with Crippen LogP contribution in [0.1, 0.15) is 65.0 Å². The molecule has 5 rings (SSSR count). The predicted octanol–water partition coefficient (Wildman–Crippen LogP) is 3.13. The maximum atomic E-state index is 13.6. The van der Waals surface area contributed by atoms with E-state index in [1.165, 1.54) is 13.0 Å². The van der Waals surface area contributed by atoms with E-state index >= 15 is 0 Å². The Hall–Kier alpha value is -3.05. The number of aromatic nitrogens is 4. The maximum Gasteiger partial charge on any atom is 0.417 e. The summed E-state index contributed by atoms with van der Waals surface area (Å²) < 4.78 is 46.2. The van der Waals surface area contributed by atoms with Crippen molar-refractivity contribution >= 4 is 11.6 Å². The van der Waals surface area contributed by atoms with Gasteiger partial charge in [0.2, 0.25) is 0 Å². The van der Waals surface area contributed by atoms with E-state index in [1.54, 1.807) is 17.6 Å². The Balaban J connectivity index is 1.55. The van der Waals surface area contributed by atoms with Gasteiger partial charge in [-0.15, -0.1) is 0 Å². The summed E-state index contributed by atoms with van der Waals surface area (Å²) in [6, 6.07) is 2.08. The normalized spacial score (nSPS) is 25.5. The summed E-state index contributed by atoms with van der Waals surface area (Å²) in [5, 5.41) is 18.6. The van der Waals surface area contributed by atoms with Gasteiger partial charge in [-0.25, -0.2) is 9.50 Å². The number of carbonyl (C=O) groups excluding carboxylic acids is 1. The summed E-state index contributed by atoms with van der Waals surface area (Å²) >= 11 is 0. The number of aryl methyl sites for hydroxylation is 1. The quantitative estimate of drug-likeness (QED) is 0.601. The van der Waals surface area contributed by atoms with Gasteiger partial charge in [0, 0.05) is 31.6 Å². The number of aliphatic hydroxyl groups is 1. The Labute approximate surface area is 193 Å². The third-order valence-electron chi connectivity index (χ3n) is 6.72. The Morgan fingerprint density at radius 3 is 2.65 bits per heavy atom. The Morgan fingerprint density at radius 2 is 2.03 bits per heavy atom. The number of carbonyl (C=O) groups is 1. The molecule has 4 heterocycles. The molecule has 1 amide bonds. The number of hydrogen-bond donors (Lipinski definition) is 2. The second kappa shape index (κ2) is 7.74. The summed E-state index contributed by atoms with van der Waals surface area (Å²) in [5.74, 6) is -0.0897. The van der Waals surface area contributed by atoms with Gasteiger partial charge in [-0.1, -0.05) is 0 Å². The second-order valence-corrected chi connectivity index (χ2v) is 9.26. The predicted molar refractivity (Wildman–Crippen MR) is 114 cm³/mol. The maximum absolute atomic E-state index is 13.6. The van der Waals surface area contributed by atoms with E-state index in [-0.39, 0.29) is 30.9 Å². The van der Waals surface area contributed by atoms with Crippen LogP contribution in [0.15, 0.2) is 30.7 Å². The van der Waals surface area contributed by atoms with Crippen LogP contribution >= 0.6 is 0 Å². The largest absolute Gasteiger partial charge is 0.417 e. The molecular weight excluding hydrogens is 451 g/mol. The highest BCUT2D eigenvalue weighted by molar-refractivity contribution is 6.01. The third kappa shape index (κ3) is 3.72. The van der Waals surface area contributed by atoms with Crippen molar-refractivity contribution in [2.24, 2.45) is 0 Å². The number of halogens is 3. The molecule has 0 bridgehead atoms. The standard InChI is InChI=1S/C23H24F3N5O3/c1-13-18(19-28-9-15(14-3-4-14)11-31(19)30-13)20(32)29-22(7-8-34-12-21(22,2)33)17-6-5-16(10-27-17)23(24,25)26/h5-6,9-11,14,33H,3-4,7-8,12H2,1-2H3,(H,29,32). The van der Waals surface area contributed by atoms with Gasteiger partial charge in [0.05, 0.1) is 23.6 Å². The first-order valence-electron chi connectivity index (χ1n) is 11.0. The number of pyridine rings is 1. The zero-order valence-corrected chi connectivity index (χ0v) is 18.7. The average Bonchev–Trinajstić information content (AvgIpc) is 3.56. The molecule has 3 aromatic heterocycles. The fourth-order valence-corrected chi connectivity index (χ4v) is 4.58. The SMILES string of the molecule is Cc1nn2cc(C3CC3)cnc2c1C(=O)NC1(c2ccc(C(F)(F)F)cn2)CCOCC1(C)O. The number of amides is 1. The average molecular weight is 475 g/mol. The second-order valence-electron chi connectivity index (χ2n) is 9.26. The van der Waals surface area contributed by atoms with E-state index < -0.39 is 28.8 Å². The van der Waals surface area contributed by atoms with Crippen LogP contribution in [-0.2, 0) is 16.5 Å². The molecular formula is C23H24F3N5O3. The van der Waals surface area contributed by atoms with Gasteiger partial charge >= 0.3 is 6.18 Å². The fourth-order valence-electron chi connectivity index (χ4n) is 4.58. The van der Waals surface area contributed by atoms with Crippen LogP contribution in [0.4, 0.5) is 13.2 Å². The Bertz CT molecular complexity index is 1250. The van der Waals surface area contributed by atoms with Gasteiger partial charge in [-0.3, -0.25) is 9.78 Å². The van der Waals surface area contributed by atoms with Crippen LogP contribution in [0.5, 0.6) is 0 Å². The highest BCUT2D eigenvalue weighted by Gasteiger charge is 2.53. The van der Waals surface area contributed by atoms with Gasteiger partial charge < -0.3 is 15.2 Å². The van der Waals surface area contributed by atoms with Gasteiger partial charge in [-0.05, 0) is 50.3 Å². The minimum atomic E-state index is -4.56. The first-order chi connectivity index (χ1) is 16.0. The molecule has 2 fully saturated rings. The Morgan fingerprint density at radius 1 is 1.26 bits per heavy atom. The molecule has 3 aromatic rings. The van der Waals surface area contributed by atoms with Crippen molar-refractivity contribution in [3.05, 3.63) is 58.8 Å². The molecule has 0 radical (unpaired) electrons. The van der Waals surface area contributed by atoms with Crippen molar-refractivity contribution in [3.8, 4) is 0 Å². The molecule has 1 saturated carbocycles. The lowest BCUT2D eigenvalue weighted by Crippen LogP contribution is -2.65. The van der Waals surface area contributed by atoms with Crippen molar-refractivity contribution in [3.63, 3.8) is 0 Å². The summed E-state index contributed by atoms with van der Waals surface area (Å²) in [4.78, 5) is 22.0. The van der Waals surface area contributed by atoms with Crippen molar-refractivity contribution in [2.75, 3.05) is 13.2 Å². The summed E-state index contributed by atoms with van der Waals surface area (Å²) in [6.07, 6.45) is 2.06. The number of alkyl halides is 3. The van der Waals surface area contributed by atoms with Gasteiger partial charge in [0.15, 0.2) is 5.65 Å². The van der Waals surface area contributed by atoms with Crippen LogP contribution in [0, 0.1) is 6.92 Å². The third-order valence-corrected chi connectivity index (χ3v) is 6.72. The first-order valence-corrected chi connectivity index (χ1v) is 11.0. The lowest BCUT2D eigenvalue weighted by Gasteiger charge is -2.48. The fraction of sp³-hybridized carbons (Fsp3) is 0.478. The lowest BCUT2D eigenvalue weighted by molar-refractivity contribution is -0.141. The highest BCUT2D eigenvalue weighted by atomic mass is 19.4. The molecule has 2 N–H and O–H groups in total. The minimum absolute atomic E-state index is 0.111. The highest BCUT2D eigenvalue weighted by Crippen LogP contribution is 2.41. The summed E-state index contributed by atoms with van der Waals surface area (Å²) in [5.41, 5.74) is -1.84. The summed E-state index contributed by atoms with van der Waals surface area (Å²) in [7, 11) is 0. The molecule has 180 valence electrons. The van der Waals surface area contributed by atoms with Crippen LogP contribution in [-0.4, -0.2) is 49.4 Å². The zero-order valence-electron chi connectivity index (χ0n) is 18.7. The van der Waals surface area contributed by atoms with E-state index in [2.05, 4.69) is 20.4 Å². The molecule has 1 saturated heterocycles. The number of hydrogen-bond acceptors (Lipinski definition) is 6. The minimum Gasteiger partial charge on any atom is -0.385 e. The molecule has 0 aromatic carbocycles. The van der Waals surface area contributed by atoms with E-state index in [0.29, 0.717) is 23.5 Å². The zero-order chi connectivity index (χ0) is 24.3. The molecule has 34 heavy (non-hydrogen) atoms. The number of ether oxygens (including phenoxy) is 1. The number of rotatable bonds is 4. The molecule has 1 aliphatic carbocycles. The van der Waals surface area contributed by atoms with Crippen LogP contribution in [0.2, 0.25) is 0 Å². The van der Waals surface area contributed by atoms with Crippen molar-refractivity contribution < 1.29 is 27.8 Å². The smallest absolute Gasteiger partial charge is 0.385 e. The van der Waals surface area contributed by atoms with E-state index in [9.17, 15) is 23.1 Å². The molecule has 2 aliphatic rings. The monoisotopic (exact) mass is 475 g/mol. The van der Waals surface area contributed by atoms with Crippen LogP contribution in [0.3, 0.4) is 0 Å². The van der Waals surface area contributed by atoms with Gasteiger partial charge in [-0.2, -0.15) is 18.3 Å². The van der Waals surface area contributed by atoms with E-state index in [1.807, 2.05) is 6.20 Å².